The largest absolute Gasteiger partial charge is 0.493 e. The summed E-state index contributed by atoms with van der Waals surface area (Å²) in [6, 6.07) is 14.2. The zero-order valence-electron chi connectivity index (χ0n) is 16.8. The van der Waals surface area contributed by atoms with E-state index in [1.165, 1.54) is 36.0 Å². The van der Waals surface area contributed by atoms with Crippen molar-refractivity contribution < 1.29 is 14.3 Å². The molecule has 2 aromatic carbocycles. The summed E-state index contributed by atoms with van der Waals surface area (Å²) in [5.74, 6) is 1.40. The van der Waals surface area contributed by atoms with E-state index in [9.17, 15) is 4.79 Å². The summed E-state index contributed by atoms with van der Waals surface area (Å²) in [7, 11) is 1.62. The van der Waals surface area contributed by atoms with Gasteiger partial charge in [-0.05, 0) is 61.4 Å². The molecule has 0 aliphatic heterocycles. The smallest absolute Gasteiger partial charge is 0.234 e. The lowest BCUT2D eigenvalue weighted by Gasteiger charge is -2.20. The summed E-state index contributed by atoms with van der Waals surface area (Å²) < 4.78 is 10.9. The normalized spacial score (nSPS) is 14.1. The molecule has 1 aliphatic rings. The van der Waals surface area contributed by atoms with Crippen LogP contribution in [0.1, 0.15) is 42.5 Å². The third-order valence-corrected chi connectivity index (χ3v) is 5.14. The van der Waals surface area contributed by atoms with Crippen molar-refractivity contribution in [2.24, 2.45) is 0 Å². The van der Waals surface area contributed by atoms with Gasteiger partial charge in [0.05, 0.1) is 19.7 Å². The van der Waals surface area contributed by atoms with Crippen LogP contribution in [0.25, 0.3) is 0 Å². The average Bonchev–Trinajstić information content (AvgIpc) is 2.73. The third-order valence-electron chi connectivity index (χ3n) is 5.14. The number of carbonyl (C=O) groups is 1. The molecule has 2 N–H and O–H groups in total. The van der Waals surface area contributed by atoms with Crippen molar-refractivity contribution in [3.8, 4) is 11.5 Å². The number of para-hydroxylation sites is 2. The van der Waals surface area contributed by atoms with Crippen LogP contribution in [-0.4, -0.2) is 32.7 Å². The fourth-order valence-corrected chi connectivity index (χ4v) is 3.57. The van der Waals surface area contributed by atoms with Crippen LogP contribution in [0, 0.1) is 0 Å². The van der Waals surface area contributed by atoms with Crippen molar-refractivity contribution in [3.63, 3.8) is 0 Å². The highest BCUT2D eigenvalue weighted by molar-refractivity contribution is 5.78. The van der Waals surface area contributed by atoms with Gasteiger partial charge in [0.15, 0.2) is 11.5 Å². The van der Waals surface area contributed by atoms with Crippen LogP contribution in [-0.2, 0) is 17.6 Å². The molecule has 1 unspecified atom stereocenters. The van der Waals surface area contributed by atoms with Crippen molar-refractivity contribution in [1.29, 1.82) is 0 Å². The first kappa shape index (κ1) is 20.2. The first-order valence-corrected chi connectivity index (χ1v) is 10.0. The van der Waals surface area contributed by atoms with Crippen molar-refractivity contribution >= 4 is 5.91 Å². The molecule has 150 valence electrons. The Labute approximate surface area is 167 Å². The molecular formula is C23H30N2O3. The second-order valence-electron chi connectivity index (χ2n) is 7.20. The Bertz CT molecular complexity index is 791. The van der Waals surface area contributed by atoms with Crippen molar-refractivity contribution in [1.82, 2.24) is 10.6 Å². The molecule has 3 rings (SSSR count). The number of hydrogen-bond acceptors (Lipinski definition) is 4. The summed E-state index contributed by atoms with van der Waals surface area (Å²) in [6.07, 6.45) is 4.87. The van der Waals surface area contributed by atoms with Gasteiger partial charge >= 0.3 is 0 Å². The first-order valence-electron chi connectivity index (χ1n) is 10.0. The van der Waals surface area contributed by atoms with Crippen molar-refractivity contribution in [2.75, 3.05) is 26.8 Å². The van der Waals surface area contributed by atoms with Crippen LogP contribution in [0.15, 0.2) is 42.5 Å². The van der Waals surface area contributed by atoms with E-state index in [0.717, 1.165) is 6.42 Å². The number of amides is 1. The van der Waals surface area contributed by atoms with Gasteiger partial charge in [-0.2, -0.15) is 0 Å². The summed E-state index contributed by atoms with van der Waals surface area (Å²) in [4.78, 5) is 12.2. The number of aryl methyl sites for hydroxylation is 2. The van der Waals surface area contributed by atoms with Crippen LogP contribution in [0.5, 0.6) is 11.5 Å². The fraction of sp³-hybridized carbons (Fsp3) is 0.435. The summed E-state index contributed by atoms with van der Waals surface area (Å²) in [6.45, 7) is 3.35. The molecule has 0 aromatic heterocycles. The van der Waals surface area contributed by atoms with Crippen LogP contribution in [0.2, 0.25) is 0 Å². The maximum atomic E-state index is 12.2. The topological polar surface area (TPSA) is 59.6 Å². The Morgan fingerprint density at radius 2 is 1.82 bits per heavy atom. The Balaban J connectivity index is 1.38. The number of rotatable bonds is 9. The number of ether oxygens (including phenoxy) is 2. The predicted molar refractivity (Wildman–Crippen MR) is 111 cm³/mol. The highest BCUT2D eigenvalue weighted by Gasteiger charge is 2.14. The molecule has 0 bridgehead atoms. The van der Waals surface area contributed by atoms with Crippen molar-refractivity contribution in [2.45, 2.75) is 38.6 Å². The van der Waals surface area contributed by atoms with E-state index in [-0.39, 0.29) is 18.5 Å². The molecule has 1 atom stereocenters. The van der Waals surface area contributed by atoms with E-state index in [1.807, 2.05) is 31.2 Å². The number of nitrogens with one attached hydrogen (secondary N) is 2. The van der Waals surface area contributed by atoms with Gasteiger partial charge in [0, 0.05) is 6.54 Å². The van der Waals surface area contributed by atoms with Crippen LogP contribution < -0.4 is 20.1 Å². The zero-order chi connectivity index (χ0) is 19.8. The predicted octanol–water partition coefficient (Wildman–Crippen LogP) is 3.42. The summed E-state index contributed by atoms with van der Waals surface area (Å²) in [5.41, 5.74) is 4.08. The highest BCUT2D eigenvalue weighted by atomic mass is 16.5. The van der Waals surface area contributed by atoms with Gasteiger partial charge in [0.25, 0.3) is 0 Å². The van der Waals surface area contributed by atoms with E-state index in [2.05, 4.69) is 28.8 Å². The molecule has 0 saturated heterocycles. The number of carbonyl (C=O) groups excluding carboxylic acids is 1. The van der Waals surface area contributed by atoms with Crippen molar-refractivity contribution in [3.05, 3.63) is 59.2 Å². The lowest BCUT2D eigenvalue weighted by atomic mass is 9.89. The lowest BCUT2D eigenvalue weighted by Crippen LogP contribution is -2.36. The van der Waals surface area contributed by atoms with Gasteiger partial charge in [0.2, 0.25) is 5.91 Å². The minimum absolute atomic E-state index is 0.00589. The molecule has 28 heavy (non-hydrogen) atoms. The maximum Gasteiger partial charge on any atom is 0.234 e. The molecule has 2 aromatic rings. The first-order chi connectivity index (χ1) is 13.7. The average molecular weight is 383 g/mol. The van der Waals surface area contributed by atoms with Crippen LogP contribution >= 0.6 is 0 Å². The molecule has 0 spiro atoms. The lowest BCUT2D eigenvalue weighted by molar-refractivity contribution is -0.120. The Morgan fingerprint density at radius 1 is 1.07 bits per heavy atom. The Hall–Kier alpha value is -2.53. The van der Waals surface area contributed by atoms with Gasteiger partial charge < -0.3 is 20.1 Å². The number of benzene rings is 2. The number of hydrogen-bond donors (Lipinski definition) is 2. The van der Waals surface area contributed by atoms with Gasteiger partial charge in [-0.1, -0.05) is 30.3 Å². The standard InChI is InChI=1S/C23H30N2O3/c1-17(19-12-11-18-7-3-4-8-20(18)15-19)25-23(26)16-24-13-14-28-22-10-6-5-9-21(22)27-2/h5-6,9-12,15,17,24H,3-4,7-8,13-14,16H2,1-2H3,(H,25,26). The molecule has 0 radical (unpaired) electrons. The van der Waals surface area contributed by atoms with Crippen LogP contribution in [0.4, 0.5) is 0 Å². The van der Waals surface area contributed by atoms with E-state index in [0.29, 0.717) is 24.7 Å². The second-order valence-corrected chi connectivity index (χ2v) is 7.20. The van der Waals surface area contributed by atoms with Gasteiger partial charge in [-0.3, -0.25) is 4.79 Å². The quantitative estimate of drug-likeness (QED) is 0.653. The van der Waals surface area contributed by atoms with E-state index in [1.54, 1.807) is 7.11 Å². The molecule has 0 fully saturated rings. The molecule has 1 amide bonds. The molecule has 1 aliphatic carbocycles. The second kappa shape index (κ2) is 10.1. The van der Waals surface area contributed by atoms with E-state index < -0.39 is 0 Å². The molecular weight excluding hydrogens is 352 g/mol. The van der Waals surface area contributed by atoms with E-state index in [4.69, 9.17) is 9.47 Å². The van der Waals surface area contributed by atoms with Gasteiger partial charge in [0.1, 0.15) is 6.61 Å². The summed E-state index contributed by atoms with van der Waals surface area (Å²) in [5, 5.41) is 6.19. The zero-order valence-corrected chi connectivity index (χ0v) is 16.8. The third kappa shape index (κ3) is 5.49. The molecule has 0 saturated carbocycles. The van der Waals surface area contributed by atoms with Gasteiger partial charge in [-0.15, -0.1) is 0 Å². The Kier molecular flexibility index (Phi) is 7.31. The fourth-order valence-electron chi connectivity index (χ4n) is 3.57. The van der Waals surface area contributed by atoms with E-state index >= 15 is 0 Å². The minimum Gasteiger partial charge on any atom is -0.493 e. The molecule has 5 heteroatoms. The van der Waals surface area contributed by atoms with Crippen LogP contribution in [0.3, 0.4) is 0 Å². The monoisotopic (exact) mass is 382 g/mol. The Morgan fingerprint density at radius 3 is 2.61 bits per heavy atom. The number of fused-ring (bicyclic) bond motifs is 1. The summed E-state index contributed by atoms with van der Waals surface area (Å²) >= 11 is 0. The molecule has 0 heterocycles. The SMILES string of the molecule is COc1ccccc1OCCNCC(=O)NC(C)c1ccc2c(c1)CCCC2. The number of methoxy groups -OCH3 is 1. The molecule has 5 nitrogen and oxygen atoms in total. The maximum absolute atomic E-state index is 12.2. The highest BCUT2D eigenvalue weighted by Crippen LogP contribution is 2.26. The van der Waals surface area contributed by atoms with Gasteiger partial charge in [-0.25, -0.2) is 0 Å². The minimum atomic E-state index is -0.0116.